The molecule has 4 heteroatoms. The Morgan fingerprint density at radius 2 is 1.90 bits per heavy atom. The van der Waals surface area contributed by atoms with Crippen molar-refractivity contribution in [1.82, 2.24) is 5.43 Å². The zero-order chi connectivity index (χ0) is 14.2. The van der Waals surface area contributed by atoms with Gasteiger partial charge in [0.2, 0.25) is 0 Å². The highest BCUT2D eigenvalue weighted by Crippen LogP contribution is 2.16. The van der Waals surface area contributed by atoms with Crippen molar-refractivity contribution < 1.29 is 9.47 Å². The van der Waals surface area contributed by atoms with E-state index in [1.807, 2.05) is 48.5 Å². The SMILES string of the molecule is COc1cccc(/C=N\NCc2ccccc2OC)c1. The van der Waals surface area contributed by atoms with Crippen LogP contribution in [-0.2, 0) is 6.54 Å². The highest BCUT2D eigenvalue weighted by molar-refractivity contribution is 5.79. The van der Waals surface area contributed by atoms with Crippen LogP contribution in [0.1, 0.15) is 11.1 Å². The van der Waals surface area contributed by atoms with Gasteiger partial charge in [-0.1, -0.05) is 30.3 Å². The Hall–Kier alpha value is -2.49. The molecular weight excluding hydrogens is 252 g/mol. The van der Waals surface area contributed by atoms with Gasteiger partial charge in [-0.05, 0) is 23.8 Å². The van der Waals surface area contributed by atoms with E-state index in [-0.39, 0.29) is 0 Å². The normalized spacial score (nSPS) is 10.5. The molecule has 0 saturated heterocycles. The number of hydrogen-bond acceptors (Lipinski definition) is 4. The first-order chi connectivity index (χ1) is 9.83. The quantitative estimate of drug-likeness (QED) is 0.648. The van der Waals surface area contributed by atoms with Crippen molar-refractivity contribution >= 4 is 6.21 Å². The minimum atomic E-state index is 0.616. The molecule has 0 saturated carbocycles. The van der Waals surface area contributed by atoms with Crippen molar-refractivity contribution in [2.75, 3.05) is 14.2 Å². The summed E-state index contributed by atoms with van der Waals surface area (Å²) in [5.74, 6) is 1.68. The molecule has 0 aliphatic rings. The summed E-state index contributed by atoms with van der Waals surface area (Å²) in [6, 6.07) is 15.6. The highest BCUT2D eigenvalue weighted by atomic mass is 16.5. The maximum absolute atomic E-state index is 5.28. The maximum atomic E-state index is 5.28. The fourth-order valence-electron chi connectivity index (χ4n) is 1.82. The van der Waals surface area contributed by atoms with Gasteiger partial charge < -0.3 is 14.9 Å². The van der Waals surface area contributed by atoms with E-state index in [9.17, 15) is 0 Å². The molecule has 0 atom stereocenters. The molecule has 0 aliphatic carbocycles. The molecule has 0 amide bonds. The zero-order valence-electron chi connectivity index (χ0n) is 11.7. The fourth-order valence-corrected chi connectivity index (χ4v) is 1.82. The first kappa shape index (κ1) is 13.9. The molecule has 0 aromatic heterocycles. The van der Waals surface area contributed by atoms with Crippen molar-refractivity contribution in [1.29, 1.82) is 0 Å². The third-order valence-electron chi connectivity index (χ3n) is 2.86. The van der Waals surface area contributed by atoms with Crippen molar-refractivity contribution in [2.45, 2.75) is 6.54 Å². The molecule has 2 aromatic rings. The predicted octanol–water partition coefficient (Wildman–Crippen LogP) is 2.83. The van der Waals surface area contributed by atoms with Gasteiger partial charge in [-0.25, -0.2) is 0 Å². The van der Waals surface area contributed by atoms with E-state index >= 15 is 0 Å². The van der Waals surface area contributed by atoms with Gasteiger partial charge in [-0.3, -0.25) is 0 Å². The van der Waals surface area contributed by atoms with Crippen molar-refractivity contribution in [3.63, 3.8) is 0 Å². The molecule has 4 nitrogen and oxygen atoms in total. The van der Waals surface area contributed by atoms with E-state index in [1.165, 1.54) is 0 Å². The Balaban J connectivity index is 1.93. The molecule has 0 bridgehead atoms. The predicted molar refractivity (Wildman–Crippen MR) is 80.4 cm³/mol. The second-order valence-corrected chi connectivity index (χ2v) is 4.18. The molecule has 0 fully saturated rings. The maximum Gasteiger partial charge on any atom is 0.123 e. The molecule has 0 radical (unpaired) electrons. The number of hydrazone groups is 1. The number of benzene rings is 2. The number of nitrogens with one attached hydrogen (secondary N) is 1. The largest absolute Gasteiger partial charge is 0.497 e. The van der Waals surface area contributed by atoms with Crippen LogP contribution in [0.15, 0.2) is 53.6 Å². The van der Waals surface area contributed by atoms with E-state index in [0.717, 1.165) is 22.6 Å². The molecule has 20 heavy (non-hydrogen) atoms. The van der Waals surface area contributed by atoms with Crippen LogP contribution in [0.25, 0.3) is 0 Å². The summed E-state index contributed by atoms with van der Waals surface area (Å²) in [6.07, 6.45) is 1.76. The number of nitrogens with zero attached hydrogens (tertiary/aromatic N) is 1. The molecule has 1 N–H and O–H groups in total. The monoisotopic (exact) mass is 270 g/mol. The molecule has 0 spiro atoms. The molecule has 0 aliphatic heterocycles. The third-order valence-corrected chi connectivity index (χ3v) is 2.86. The zero-order valence-corrected chi connectivity index (χ0v) is 11.7. The van der Waals surface area contributed by atoms with E-state index in [4.69, 9.17) is 9.47 Å². The minimum Gasteiger partial charge on any atom is -0.497 e. The van der Waals surface area contributed by atoms with E-state index in [1.54, 1.807) is 20.4 Å². The van der Waals surface area contributed by atoms with Crippen molar-refractivity contribution in [3.8, 4) is 11.5 Å². The van der Waals surface area contributed by atoms with Crippen LogP contribution in [0.5, 0.6) is 11.5 Å². The summed E-state index contributed by atoms with van der Waals surface area (Å²) in [5.41, 5.74) is 5.06. The van der Waals surface area contributed by atoms with Crippen LogP contribution < -0.4 is 14.9 Å². The lowest BCUT2D eigenvalue weighted by atomic mass is 10.2. The molecule has 0 unspecified atom stereocenters. The van der Waals surface area contributed by atoms with Gasteiger partial charge in [0.1, 0.15) is 11.5 Å². The fraction of sp³-hybridized carbons (Fsp3) is 0.188. The molecule has 2 aromatic carbocycles. The lowest BCUT2D eigenvalue weighted by molar-refractivity contribution is 0.408. The summed E-state index contributed by atoms with van der Waals surface area (Å²) < 4.78 is 10.4. The highest BCUT2D eigenvalue weighted by Gasteiger charge is 1.99. The van der Waals surface area contributed by atoms with Gasteiger partial charge in [0.15, 0.2) is 0 Å². The van der Waals surface area contributed by atoms with Gasteiger partial charge in [0, 0.05) is 5.56 Å². The van der Waals surface area contributed by atoms with Crippen molar-refractivity contribution in [2.24, 2.45) is 5.10 Å². The number of rotatable bonds is 6. The molecule has 104 valence electrons. The number of hydrogen-bond donors (Lipinski definition) is 1. The van der Waals surface area contributed by atoms with Crippen LogP contribution in [0, 0.1) is 0 Å². The lowest BCUT2D eigenvalue weighted by Gasteiger charge is -2.07. The summed E-state index contributed by atoms with van der Waals surface area (Å²) in [6.45, 7) is 0.616. The van der Waals surface area contributed by atoms with Crippen LogP contribution in [0.2, 0.25) is 0 Å². The van der Waals surface area contributed by atoms with Crippen LogP contribution in [-0.4, -0.2) is 20.4 Å². The Morgan fingerprint density at radius 3 is 2.70 bits per heavy atom. The van der Waals surface area contributed by atoms with Gasteiger partial charge >= 0.3 is 0 Å². The summed E-state index contributed by atoms with van der Waals surface area (Å²) >= 11 is 0. The average molecular weight is 270 g/mol. The summed E-state index contributed by atoms with van der Waals surface area (Å²) in [4.78, 5) is 0. The number of para-hydroxylation sites is 1. The Kier molecular flexibility index (Phi) is 5.00. The minimum absolute atomic E-state index is 0.616. The topological polar surface area (TPSA) is 42.8 Å². The Labute approximate surface area is 119 Å². The van der Waals surface area contributed by atoms with Crippen LogP contribution in [0.3, 0.4) is 0 Å². The van der Waals surface area contributed by atoms with Gasteiger partial charge in [-0.2, -0.15) is 5.10 Å². The van der Waals surface area contributed by atoms with Crippen LogP contribution in [0.4, 0.5) is 0 Å². The molecule has 2 rings (SSSR count). The first-order valence-corrected chi connectivity index (χ1v) is 6.35. The second-order valence-electron chi connectivity index (χ2n) is 4.18. The van der Waals surface area contributed by atoms with E-state index < -0.39 is 0 Å². The van der Waals surface area contributed by atoms with Gasteiger partial charge in [0.05, 0.1) is 27.0 Å². The van der Waals surface area contributed by atoms with Gasteiger partial charge in [0.25, 0.3) is 0 Å². The molecular formula is C16H18N2O2. The van der Waals surface area contributed by atoms with Crippen molar-refractivity contribution in [3.05, 3.63) is 59.7 Å². The first-order valence-electron chi connectivity index (χ1n) is 6.35. The number of ether oxygens (including phenoxy) is 2. The number of methoxy groups -OCH3 is 2. The van der Waals surface area contributed by atoms with E-state index in [0.29, 0.717) is 6.54 Å². The second kappa shape index (κ2) is 7.19. The molecule has 0 heterocycles. The standard InChI is InChI=1S/C16H18N2O2/c1-19-15-8-5-6-13(10-15)11-17-18-12-14-7-3-4-9-16(14)20-2/h3-11,18H,12H2,1-2H3/b17-11-. The lowest BCUT2D eigenvalue weighted by Crippen LogP contribution is -2.06. The smallest absolute Gasteiger partial charge is 0.123 e. The van der Waals surface area contributed by atoms with Gasteiger partial charge in [-0.15, -0.1) is 0 Å². The third kappa shape index (κ3) is 3.75. The summed E-state index contributed by atoms with van der Waals surface area (Å²) in [7, 11) is 3.31. The average Bonchev–Trinajstić information content (AvgIpc) is 2.52. The van der Waals surface area contributed by atoms with Crippen LogP contribution >= 0.6 is 0 Å². The Morgan fingerprint density at radius 1 is 1.05 bits per heavy atom. The summed E-state index contributed by atoms with van der Waals surface area (Å²) in [5, 5.41) is 4.20. The van der Waals surface area contributed by atoms with E-state index in [2.05, 4.69) is 10.5 Å². The Bertz CT molecular complexity index is 582.